The predicted octanol–water partition coefficient (Wildman–Crippen LogP) is 1.92. The van der Waals surface area contributed by atoms with Crippen molar-refractivity contribution in [3.63, 3.8) is 0 Å². The number of ether oxygens (including phenoxy) is 1. The molecule has 0 fully saturated rings. The molecule has 144 valence electrons. The number of rotatable bonds is 7. The minimum atomic E-state index is -3.67. The van der Waals surface area contributed by atoms with Gasteiger partial charge in [0.2, 0.25) is 0 Å². The van der Waals surface area contributed by atoms with Crippen molar-refractivity contribution in [1.29, 1.82) is 0 Å². The zero-order chi connectivity index (χ0) is 19.7. The first-order chi connectivity index (χ1) is 11.4. The van der Waals surface area contributed by atoms with E-state index in [0.29, 0.717) is 11.8 Å². The van der Waals surface area contributed by atoms with Gasteiger partial charge in [-0.25, -0.2) is 0 Å². The molecule has 3 N–H and O–H groups in total. The topological polar surface area (TPSA) is 113 Å². The summed E-state index contributed by atoms with van der Waals surface area (Å²) in [7, 11) is -1.96. The van der Waals surface area contributed by atoms with Gasteiger partial charge in [-0.1, -0.05) is 43.7 Å². The van der Waals surface area contributed by atoms with E-state index in [1.54, 1.807) is 31.3 Å². The van der Waals surface area contributed by atoms with Gasteiger partial charge >= 0.3 is 5.97 Å². The van der Waals surface area contributed by atoms with Crippen molar-refractivity contribution in [2.75, 3.05) is 19.8 Å². The molecule has 1 aromatic rings. The third-order valence-corrected chi connectivity index (χ3v) is 3.33. The van der Waals surface area contributed by atoms with Crippen LogP contribution in [-0.2, 0) is 25.4 Å². The molecule has 0 saturated carbocycles. The first-order valence-electron chi connectivity index (χ1n) is 7.94. The molecule has 25 heavy (non-hydrogen) atoms. The van der Waals surface area contributed by atoms with Gasteiger partial charge in [0.05, 0.1) is 18.2 Å². The van der Waals surface area contributed by atoms with Gasteiger partial charge in [-0.05, 0) is 27.3 Å². The van der Waals surface area contributed by atoms with Gasteiger partial charge < -0.3 is 15.2 Å². The monoisotopic (exact) mass is 375 g/mol. The quantitative estimate of drug-likeness (QED) is 0.379. The summed E-state index contributed by atoms with van der Waals surface area (Å²) in [6, 6.07) is 8.96. The van der Waals surface area contributed by atoms with Crippen LogP contribution in [0.2, 0.25) is 0 Å². The second-order valence-corrected chi connectivity index (χ2v) is 7.90. The Morgan fingerprint density at radius 2 is 1.72 bits per heavy atom. The number of hydrogen-bond acceptors (Lipinski definition) is 6. The molecule has 0 spiro atoms. The van der Waals surface area contributed by atoms with Crippen molar-refractivity contribution in [3.8, 4) is 0 Å². The fourth-order valence-electron chi connectivity index (χ4n) is 2.15. The van der Waals surface area contributed by atoms with E-state index in [2.05, 4.69) is 5.32 Å². The highest BCUT2D eigenvalue weighted by Gasteiger charge is 2.38. The first-order valence-corrected chi connectivity index (χ1v) is 9.79. The standard InChI is InChI=1S/C16H25NO3.CH4O3S/c1-5-11-15(2,3)14(18)20-16(19,12-17-4)13-9-7-6-8-10-13;1-5(2,3)4/h6-10,17,19H,5,11-12H2,1-4H3;1H3,(H,2,3,4). The summed E-state index contributed by atoms with van der Waals surface area (Å²) >= 11 is 0. The van der Waals surface area contributed by atoms with E-state index < -0.39 is 21.3 Å². The lowest BCUT2D eigenvalue weighted by molar-refractivity contribution is -0.221. The normalized spacial score (nSPS) is 14.0. The summed E-state index contributed by atoms with van der Waals surface area (Å²) in [5.74, 6) is -2.03. The summed E-state index contributed by atoms with van der Waals surface area (Å²) < 4.78 is 31.3. The Bertz CT molecular complexity index is 622. The van der Waals surface area contributed by atoms with Crippen LogP contribution in [0.3, 0.4) is 0 Å². The Kier molecular flexibility index (Phi) is 9.28. The summed E-state index contributed by atoms with van der Waals surface area (Å²) in [6.45, 7) is 5.84. The van der Waals surface area contributed by atoms with E-state index in [9.17, 15) is 18.3 Å². The number of esters is 1. The molecule has 7 nitrogen and oxygen atoms in total. The van der Waals surface area contributed by atoms with Gasteiger partial charge in [-0.15, -0.1) is 0 Å². The van der Waals surface area contributed by atoms with Crippen LogP contribution in [0.25, 0.3) is 0 Å². The second-order valence-electron chi connectivity index (χ2n) is 6.44. The summed E-state index contributed by atoms with van der Waals surface area (Å²) in [5.41, 5.74) is -0.0411. The van der Waals surface area contributed by atoms with Crippen LogP contribution in [0.4, 0.5) is 0 Å². The Labute approximate surface area is 150 Å². The van der Waals surface area contributed by atoms with Gasteiger partial charge in [-0.2, -0.15) is 8.42 Å². The maximum Gasteiger partial charge on any atom is 0.314 e. The molecule has 1 aromatic carbocycles. The minimum Gasteiger partial charge on any atom is -0.427 e. The lowest BCUT2D eigenvalue weighted by Crippen LogP contribution is -2.44. The highest BCUT2D eigenvalue weighted by molar-refractivity contribution is 7.85. The predicted molar refractivity (Wildman–Crippen MR) is 96.5 cm³/mol. The van der Waals surface area contributed by atoms with Gasteiger partial charge in [0, 0.05) is 5.56 Å². The molecular formula is C17H29NO6S. The van der Waals surface area contributed by atoms with Crippen LogP contribution in [0.15, 0.2) is 30.3 Å². The van der Waals surface area contributed by atoms with Gasteiger partial charge in [0.25, 0.3) is 15.9 Å². The number of aliphatic hydroxyl groups is 1. The van der Waals surface area contributed by atoms with E-state index in [1.165, 1.54) is 0 Å². The van der Waals surface area contributed by atoms with E-state index in [0.717, 1.165) is 12.8 Å². The molecule has 0 aliphatic heterocycles. The van der Waals surface area contributed by atoms with Crippen molar-refractivity contribution in [1.82, 2.24) is 5.32 Å². The summed E-state index contributed by atoms with van der Waals surface area (Å²) in [4.78, 5) is 12.3. The van der Waals surface area contributed by atoms with Crippen molar-refractivity contribution >= 4 is 16.1 Å². The molecule has 8 heteroatoms. The van der Waals surface area contributed by atoms with E-state index in [1.807, 2.05) is 26.8 Å². The van der Waals surface area contributed by atoms with Crippen LogP contribution in [0.1, 0.15) is 39.2 Å². The zero-order valence-electron chi connectivity index (χ0n) is 15.4. The molecule has 1 unspecified atom stereocenters. The van der Waals surface area contributed by atoms with Crippen LogP contribution in [0, 0.1) is 5.41 Å². The summed E-state index contributed by atoms with van der Waals surface area (Å²) in [6.07, 6.45) is 2.32. The van der Waals surface area contributed by atoms with Crippen LogP contribution in [0.5, 0.6) is 0 Å². The molecule has 0 bridgehead atoms. The van der Waals surface area contributed by atoms with Crippen molar-refractivity contribution in [3.05, 3.63) is 35.9 Å². The van der Waals surface area contributed by atoms with Gasteiger partial charge in [0.1, 0.15) is 0 Å². The number of likely N-dealkylation sites (N-methyl/N-ethyl adjacent to an activating group) is 1. The second kappa shape index (κ2) is 9.86. The largest absolute Gasteiger partial charge is 0.427 e. The molecular weight excluding hydrogens is 346 g/mol. The lowest BCUT2D eigenvalue weighted by Gasteiger charge is -2.32. The fourth-order valence-corrected chi connectivity index (χ4v) is 2.15. The number of benzene rings is 1. The highest BCUT2D eigenvalue weighted by atomic mass is 32.2. The van der Waals surface area contributed by atoms with E-state index in [4.69, 9.17) is 9.29 Å². The Hall–Kier alpha value is -1.48. The fraction of sp³-hybridized carbons (Fsp3) is 0.588. The molecule has 1 atom stereocenters. The van der Waals surface area contributed by atoms with Gasteiger partial charge in [-0.3, -0.25) is 9.35 Å². The van der Waals surface area contributed by atoms with Crippen LogP contribution in [-0.4, -0.2) is 43.9 Å². The van der Waals surface area contributed by atoms with Crippen molar-refractivity contribution in [2.45, 2.75) is 39.4 Å². The molecule has 0 amide bonds. The van der Waals surface area contributed by atoms with E-state index >= 15 is 0 Å². The van der Waals surface area contributed by atoms with Crippen LogP contribution >= 0.6 is 0 Å². The number of hydrogen-bond donors (Lipinski definition) is 3. The van der Waals surface area contributed by atoms with Crippen LogP contribution < -0.4 is 5.32 Å². The SMILES string of the molecule is CCCC(C)(C)C(=O)OC(O)(CNC)c1ccccc1.CS(=O)(=O)O. The van der Waals surface area contributed by atoms with E-state index in [-0.39, 0.29) is 12.5 Å². The third-order valence-electron chi connectivity index (χ3n) is 3.33. The average Bonchev–Trinajstić information content (AvgIpc) is 2.46. The number of carbonyl (C=O) groups excluding carboxylic acids is 1. The molecule has 0 heterocycles. The lowest BCUT2D eigenvalue weighted by atomic mass is 9.88. The maximum absolute atomic E-state index is 12.3. The summed E-state index contributed by atoms with van der Waals surface area (Å²) in [5, 5.41) is 13.5. The van der Waals surface area contributed by atoms with Crippen molar-refractivity contribution < 1.29 is 27.6 Å². The Balaban J connectivity index is 0.00000101. The first kappa shape index (κ1) is 23.5. The highest BCUT2D eigenvalue weighted by Crippen LogP contribution is 2.30. The molecule has 0 aromatic heterocycles. The molecule has 0 saturated heterocycles. The maximum atomic E-state index is 12.3. The minimum absolute atomic E-state index is 0.144. The third kappa shape index (κ3) is 9.54. The van der Waals surface area contributed by atoms with Gasteiger partial charge in [0.15, 0.2) is 0 Å². The molecule has 0 aliphatic rings. The average molecular weight is 375 g/mol. The molecule has 1 rings (SSSR count). The smallest absolute Gasteiger partial charge is 0.314 e. The Morgan fingerprint density at radius 1 is 1.24 bits per heavy atom. The van der Waals surface area contributed by atoms with Crippen molar-refractivity contribution in [2.24, 2.45) is 5.41 Å². The molecule has 0 radical (unpaired) electrons. The number of nitrogens with one attached hydrogen (secondary N) is 1. The number of carbonyl (C=O) groups is 1. The zero-order valence-corrected chi connectivity index (χ0v) is 16.3. The Morgan fingerprint density at radius 3 is 2.12 bits per heavy atom. The molecule has 0 aliphatic carbocycles.